The number of para-hydroxylation sites is 1. The predicted octanol–water partition coefficient (Wildman–Crippen LogP) is 11.2. The number of aromatic nitrogens is 3. The minimum atomic E-state index is -0.588. The van der Waals surface area contributed by atoms with Gasteiger partial charge in [-0.3, -0.25) is 0 Å². The third kappa shape index (κ3) is 4.87. The van der Waals surface area contributed by atoms with E-state index in [4.69, 9.17) is 19.7 Å². The lowest BCUT2D eigenvalue weighted by molar-refractivity contribution is 0.436. The Labute approximate surface area is 308 Å². The molecule has 0 saturated heterocycles. The quantitative estimate of drug-likeness (QED) is 0.185. The summed E-state index contributed by atoms with van der Waals surface area (Å²) in [5.74, 6) is 3.97. The van der Waals surface area contributed by atoms with Gasteiger partial charge in [0.1, 0.15) is 11.5 Å². The molecule has 250 valence electrons. The van der Waals surface area contributed by atoms with Crippen LogP contribution in [-0.4, -0.2) is 15.0 Å². The van der Waals surface area contributed by atoms with Crippen LogP contribution in [0.5, 0.6) is 11.5 Å². The van der Waals surface area contributed by atoms with Gasteiger partial charge in [-0.1, -0.05) is 128 Å². The second-order valence-corrected chi connectivity index (χ2v) is 14.0. The Kier molecular flexibility index (Phi) is 7.06. The van der Waals surface area contributed by atoms with Crippen molar-refractivity contribution < 1.29 is 4.74 Å². The molecule has 5 heteroatoms. The lowest BCUT2D eigenvalue weighted by Gasteiger charge is -2.39. The van der Waals surface area contributed by atoms with Crippen LogP contribution >= 0.6 is 0 Å². The van der Waals surface area contributed by atoms with Gasteiger partial charge < -0.3 is 4.74 Å². The normalized spacial score (nSPS) is 15.7. The van der Waals surface area contributed by atoms with Gasteiger partial charge in [0.2, 0.25) is 0 Å². The van der Waals surface area contributed by atoms with Gasteiger partial charge in [-0.15, -0.1) is 0 Å². The van der Waals surface area contributed by atoms with Crippen molar-refractivity contribution in [3.8, 4) is 62.6 Å². The molecule has 0 N–H and O–H groups in total. The van der Waals surface area contributed by atoms with Crippen LogP contribution in [0.1, 0.15) is 47.0 Å². The molecule has 0 saturated carbocycles. The van der Waals surface area contributed by atoms with E-state index in [-0.39, 0.29) is 0 Å². The number of rotatable bonds is 4. The predicted molar refractivity (Wildman–Crippen MR) is 209 cm³/mol. The van der Waals surface area contributed by atoms with E-state index in [2.05, 4.69) is 128 Å². The van der Waals surface area contributed by atoms with Crippen molar-refractivity contribution in [3.63, 3.8) is 0 Å². The van der Waals surface area contributed by atoms with Gasteiger partial charge in [0.05, 0.1) is 17.0 Å². The van der Waals surface area contributed by atoms with E-state index in [0.29, 0.717) is 29.0 Å². The van der Waals surface area contributed by atoms with Crippen molar-refractivity contribution in [2.75, 3.05) is 0 Å². The summed E-state index contributed by atoms with van der Waals surface area (Å²) in [4.78, 5) is 15.3. The molecule has 5 nitrogen and oxygen atoms in total. The molecule has 1 aromatic heterocycles. The molecule has 1 spiro atoms. The van der Waals surface area contributed by atoms with Crippen molar-refractivity contribution in [1.82, 2.24) is 15.0 Å². The summed E-state index contributed by atoms with van der Waals surface area (Å²) in [5, 5.41) is 9.44. The Hall–Kier alpha value is -6.90. The van der Waals surface area contributed by atoms with E-state index in [9.17, 15) is 5.26 Å². The van der Waals surface area contributed by atoms with Crippen LogP contribution in [-0.2, 0) is 5.41 Å². The van der Waals surface area contributed by atoms with E-state index < -0.39 is 5.41 Å². The van der Waals surface area contributed by atoms with Crippen molar-refractivity contribution in [2.45, 2.75) is 18.8 Å². The zero-order valence-electron chi connectivity index (χ0n) is 29.0. The first kappa shape index (κ1) is 30.9. The highest BCUT2D eigenvalue weighted by Gasteiger charge is 2.51. The third-order valence-electron chi connectivity index (χ3n) is 10.8. The molecule has 0 fully saturated rings. The van der Waals surface area contributed by atoms with Gasteiger partial charge in [-0.25, -0.2) is 15.0 Å². The molecule has 2 heterocycles. The second kappa shape index (κ2) is 12.1. The Morgan fingerprint density at radius 3 is 1.92 bits per heavy atom. The molecule has 7 aromatic rings. The van der Waals surface area contributed by atoms with Crippen LogP contribution in [0.2, 0.25) is 0 Å². The molecule has 1 aliphatic heterocycles. The summed E-state index contributed by atoms with van der Waals surface area (Å²) >= 11 is 0. The molecule has 0 radical (unpaired) electrons. The highest BCUT2D eigenvalue weighted by atomic mass is 16.5. The lowest BCUT2D eigenvalue weighted by Crippen LogP contribution is -2.32. The molecular weight excluding hydrogens is 649 g/mol. The Morgan fingerprint density at radius 2 is 1.21 bits per heavy atom. The smallest absolute Gasteiger partial charge is 0.164 e. The molecule has 6 aromatic carbocycles. The summed E-state index contributed by atoms with van der Waals surface area (Å²) in [6.07, 6.45) is 7.49. The molecule has 1 unspecified atom stereocenters. The van der Waals surface area contributed by atoms with Crippen molar-refractivity contribution >= 4 is 5.57 Å². The van der Waals surface area contributed by atoms with Crippen LogP contribution in [0, 0.1) is 17.2 Å². The lowest BCUT2D eigenvalue weighted by atomic mass is 9.66. The molecule has 3 aliphatic rings. The van der Waals surface area contributed by atoms with Crippen molar-refractivity contribution in [3.05, 3.63) is 191 Å². The molecule has 0 bridgehead atoms. The van der Waals surface area contributed by atoms with Gasteiger partial charge in [0.15, 0.2) is 17.5 Å². The first-order valence-electron chi connectivity index (χ1n) is 18.0. The largest absolute Gasteiger partial charge is 0.457 e. The first-order chi connectivity index (χ1) is 26.1. The summed E-state index contributed by atoms with van der Waals surface area (Å²) in [6.45, 7) is 2.21. The second-order valence-electron chi connectivity index (χ2n) is 14.0. The standard InChI is InChI=1S/C48H32N4O/c1-30-17-19-33(20-18-30)45-50-46(34-23-21-32(22-24-34)35-10-8-9-31(27-35)29-49)52-47(51-45)36-25-26-44-42(28-36)48(41-15-6-7-16-43(41)53-44)39-13-4-2-11-37(39)38-12-3-5-14-40(38)48/h2-17,19-28,30H,18H2,1H3. The third-order valence-corrected chi connectivity index (χ3v) is 10.8. The summed E-state index contributed by atoms with van der Waals surface area (Å²) in [7, 11) is 0. The average molecular weight is 681 g/mol. The minimum Gasteiger partial charge on any atom is -0.457 e. The maximum Gasteiger partial charge on any atom is 0.164 e. The van der Waals surface area contributed by atoms with Crippen LogP contribution in [0.15, 0.2) is 158 Å². The van der Waals surface area contributed by atoms with E-state index in [0.717, 1.165) is 56.9 Å². The molecular formula is C48H32N4O. The fourth-order valence-corrected chi connectivity index (χ4v) is 8.23. The van der Waals surface area contributed by atoms with E-state index in [1.54, 1.807) is 0 Å². The monoisotopic (exact) mass is 680 g/mol. The summed E-state index contributed by atoms with van der Waals surface area (Å²) in [6, 6.07) is 50.4. The number of hydrogen-bond acceptors (Lipinski definition) is 5. The number of ether oxygens (including phenoxy) is 1. The van der Waals surface area contributed by atoms with Gasteiger partial charge >= 0.3 is 0 Å². The van der Waals surface area contributed by atoms with Crippen molar-refractivity contribution in [1.29, 1.82) is 5.26 Å². The number of nitriles is 1. The molecule has 0 amide bonds. The number of benzene rings is 6. The van der Waals surface area contributed by atoms with E-state index in [1.165, 1.54) is 22.3 Å². The van der Waals surface area contributed by atoms with Crippen LogP contribution < -0.4 is 4.74 Å². The minimum absolute atomic E-state index is 0.462. The van der Waals surface area contributed by atoms with Gasteiger partial charge in [-0.2, -0.15) is 5.26 Å². The average Bonchev–Trinajstić information content (AvgIpc) is 3.51. The first-order valence-corrected chi connectivity index (χ1v) is 18.0. The fourth-order valence-electron chi connectivity index (χ4n) is 8.23. The van der Waals surface area contributed by atoms with Crippen LogP contribution in [0.3, 0.4) is 0 Å². The maximum atomic E-state index is 9.44. The molecule has 2 aliphatic carbocycles. The zero-order chi connectivity index (χ0) is 35.5. The zero-order valence-corrected chi connectivity index (χ0v) is 29.0. The summed E-state index contributed by atoms with van der Waals surface area (Å²) < 4.78 is 6.68. The number of fused-ring (bicyclic) bond motifs is 9. The Bertz CT molecular complexity index is 2670. The van der Waals surface area contributed by atoms with E-state index >= 15 is 0 Å². The van der Waals surface area contributed by atoms with Gasteiger partial charge in [-0.05, 0) is 82.1 Å². The highest BCUT2D eigenvalue weighted by molar-refractivity contribution is 5.89. The fraction of sp³-hybridized carbons (Fsp3) is 0.0833. The topological polar surface area (TPSA) is 71.7 Å². The van der Waals surface area contributed by atoms with Crippen LogP contribution in [0.25, 0.3) is 50.6 Å². The number of allylic oxidation sites excluding steroid dienone is 4. The van der Waals surface area contributed by atoms with Gasteiger partial charge in [0, 0.05) is 27.8 Å². The molecule has 10 rings (SSSR count). The number of hydrogen-bond donors (Lipinski definition) is 0. The summed E-state index contributed by atoms with van der Waals surface area (Å²) in [5.41, 5.74) is 11.9. The molecule has 1 atom stereocenters. The Morgan fingerprint density at radius 1 is 0.585 bits per heavy atom. The SMILES string of the molecule is CC1C=CC(c2nc(-c3ccc(-c4cccc(C#N)c4)cc3)nc(-c3ccc4c(c3)C3(c5ccccc5O4)c4ccccc4-c4ccccc43)n2)=CC1. The van der Waals surface area contributed by atoms with Gasteiger partial charge in [0.25, 0.3) is 0 Å². The van der Waals surface area contributed by atoms with Crippen molar-refractivity contribution in [2.24, 2.45) is 5.92 Å². The highest BCUT2D eigenvalue weighted by Crippen LogP contribution is 2.62. The number of nitrogens with zero attached hydrogens (tertiary/aromatic N) is 4. The Balaban J connectivity index is 1.16. The maximum absolute atomic E-state index is 9.44. The van der Waals surface area contributed by atoms with Crippen LogP contribution in [0.4, 0.5) is 0 Å². The van der Waals surface area contributed by atoms with E-state index in [1.807, 2.05) is 42.5 Å². The molecule has 53 heavy (non-hydrogen) atoms.